The molecule has 2 aliphatic carbocycles. The molecule has 1 heterocycles. The van der Waals surface area contributed by atoms with Crippen LogP contribution in [0.5, 0.6) is 5.75 Å². The Bertz CT molecular complexity index is 1500. The van der Waals surface area contributed by atoms with Gasteiger partial charge in [0.2, 0.25) is 0 Å². The number of ketones is 2. The predicted molar refractivity (Wildman–Crippen MR) is 166 cm³/mol. The molecule has 1 N–H and O–H groups in total. The zero-order valence-electron chi connectivity index (χ0n) is 24.3. The molecule has 0 unspecified atom stereocenters. The molecule has 2 aromatic carbocycles. The minimum Gasteiger partial charge on any atom is -0.482 e. The molecule has 3 aliphatic rings. The summed E-state index contributed by atoms with van der Waals surface area (Å²) in [7, 11) is 0. The van der Waals surface area contributed by atoms with E-state index in [0.717, 1.165) is 21.3 Å². The first-order chi connectivity index (χ1) is 19.2. The Morgan fingerprint density at radius 2 is 1.54 bits per heavy atom. The van der Waals surface area contributed by atoms with Crippen LogP contribution in [0.3, 0.4) is 0 Å². The molecule has 216 valence electrons. The van der Waals surface area contributed by atoms with Crippen LogP contribution in [0.25, 0.3) is 0 Å². The highest BCUT2D eigenvalue weighted by Crippen LogP contribution is 2.55. The van der Waals surface area contributed by atoms with Crippen molar-refractivity contribution in [2.75, 3.05) is 11.9 Å². The number of carbonyl (C=O) groups excluding carboxylic acids is 3. The molecule has 1 aliphatic heterocycles. The Labute approximate surface area is 258 Å². The van der Waals surface area contributed by atoms with Gasteiger partial charge in [0.15, 0.2) is 18.2 Å². The van der Waals surface area contributed by atoms with E-state index >= 15 is 0 Å². The molecule has 1 amide bonds. The van der Waals surface area contributed by atoms with Crippen LogP contribution in [-0.2, 0) is 19.1 Å². The zero-order valence-corrected chi connectivity index (χ0v) is 27.5. The summed E-state index contributed by atoms with van der Waals surface area (Å²) in [5.41, 5.74) is 3.98. The van der Waals surface area contributed by atoms with Crippen molar-refractivity contribution in [3.05, 3.63) is 78.6 Å². The number of benzene rings is 2. The molecule has 0 aromatic heterocycles. The number of anilines is 1. The van der Waals surface area contributed by atoms with Gasteiger partial charge in [-0.3, -0.25) is 14.4 Å². The van der Waals surface area contributed by atoms with Crippen molar-refractivity contribution in [1.82, 2.24) is 0 Å². The van der Waals surface area contributed by atoms with Gasteiger partial charge in [-0.25, -0.2) is 0 Å². The van der Waals surface area contributed by atoms with E-state index < -0.39 is 5.92 Å². The highest BCUT2D eigenvalue weighted by atomic mass is 79.9. The van der Waals surface area contributed by atoms with E-state index in [2.05, 4.69) is 64.9 Å². The van der Waals surface area contributed by atoms with Crippen LogP contribution in [0.2, 0.25) is 0 Å². The SMILES string of the molecule is Cc1cccc(NC(=O)COc2c(Br)cc(Br)cc2C2C3=C(CC(C)(C)CC3=O)OC3=C2C(=O)CC(C)(C)C3)c1C. The number of rotatable bonds is 5. The molecule has 8 heteroatoms. The summed E-state index contributed by atoms with van der Waals surface area (Å²) in [6.07, 6.45) is 1.91. The first kappa shape index (κ1) is 29.8. The Morgan fingerprint density at radius 3 is 2.12 bits per heavy atom. The van der Waals surface area contributed by atoms with Gasteiger partial charge < -0.3 is 14.8 Å². The predicted octanol–water partition coefficient (Wildman–Crippen LogP) is 8.25. The van der Waals surface area contributed by atoms with Crippen molar-refractivity contribution in [3.8, 4) is 5.75 Å². The van der Waals surface area contributed by atoms with Crippen LogP contribution in [0.4, 0.5) is 5.69 Å². The molecule has 0 radical (unpaired) electrons. The van der Waals surface area contributed by atoms with Crippen LogP contribution in [0.15, 0.2) is 61.9 Å². The summed E-state index contributed by atoms with van der Waals surface area (Å²) in [4.78, 5) is 40.5. The number of Topliss-reactive ketones (excluding diaryl/α,β-unsaturated/α-hetero) is 2. The number of amides is 1. The number of allylic oxidation sites excluding steroid dienone is 4. The maximum Gasteiger partial charge on any atom is 0.262 e. The molecule has 6 nitrogen and oxygen atoms in total. The van der Waals surface area contributed by atoms with Crippen LogP contribution < -0.4 is 10.1 Å². The number of hydrogen-bond acceptors (Lipinski definition) is 5. The maximum atomic E-state index is 13.7. The van der Waals surface area contributed by atoms with E-state index in [1.165, 1.54) is 0 Å². The van der Waals surface area contributed by atoms with Crippen molar-refractivity contribution in [2.24, 2.45) is 10.8 Å². The molecule has 0 saturated carbocycles. The van der Waals surface area contributed by atoms with Gasteiger partial charge in [0, 0.05) is 52.6 Å². The minimum atomic E-state index is -0.646. The Kier molecular flexibility index (Phi) is 7.88. The summed E-state index contributed by atoms with van der Waals surface area (Å²) in [6.45, 7) is 12.0. The fourth-order valence-corrected chi connectivity index (χ4v) is 7.52. The largest absolute Gasteiger partial charge is 0.482 e. The van der Waals surface area contributed by atoms with Gasteiger partial charge in [-0.2, -0.15) is 0 Å². The highest BCUT2D eigenvalue weighted by Gasteiger charge is 2.48. The average molecular weight is 685 g/mol. The lowest BCUT2D eigenvalue weighted by atomic mass is 9.65. The quantitative estimate of drug-likeness (QED) is 0.343. The molecule has 2 aromatic rings. The molecule has 0 spiro atoms. The summed E-state index contributed by atoms with van der Waals surface area (Å²) >= 11 is 7.22. The first-order valence-corrected chi connectivity index (χ1v) is 15.4. The Balaban J connectivity index is 1.57. The van der Waals surface area contributed by atoms with Crippen LogP contribution in [-0.4, -0.2) is 24.1 Å². The molecule has 0 bridgehead atoms. The number of aryl methyl sites for hydroxylation is 1. The van der Waals surface area contributed by atoms with Gasteiger partial charge in [0.1, 0.15) is 17.3 Å². The fraction of sp³-hybridized carbons (Fsp3) is 0.424. The number of carbonyl (C=O) groups is 3. The topological polar surface area (TPSA) is 81.7 Å². The zero-order chi connectivity index (χ0) is 29.9. The Morgan fingerprint density at radius 1 is 0.951 bits per heavy atom. The minimum absolute atomic E-state index is 0.0276. The maximum absolute atomic E-state index is 13.7. The normalized spacial score (nSPS) is 19.9. The lowest BCUT2D eigenvalue weighted by Crippen LogP contribution is -2.37. The van der Waals surface area contributed by atoms with Gasteiger partial charge in [0.05, 0.1) is 10.4 Å². The third-order valence-corrected chi connectivity index (χ3v) is 9.20. The van der Waals surface area contributed by atoms with Crippen molar-refractivity contribution in [1.29, 1.82) is 0 Å². The third kappa shape index (κ3) is 5.96. The number of hydrogen-bond donors (Lipinski definition) is 1. The second kappa shape index (κ2) is 10.8. The Hall–Kier alpha value is -2.71. The number of halogens is 2. The monoisotopic (exact) mass is 683 g/mol. The van der Waals surface area contributed by atoms with Gasteiger partial charge in [-0.1, -0.05) is 55.8 Å². The average Bonchev–Trinajstić information content (AvgIpc) is 2.83. The van der Waals surface area contributed by atoms with E-state index in [-0.39, 0.29) is 34.9 Å². The van der Waals surface area contributed by atoms with Gasteiger partial charge in [0.25, 0.3) is 5.91 Å². The van der Waals surface area contributed by atoms with Crippen LogP contribution >= 0.6 is 31.9 Å². The van der Waals surface area contributed by atoms with E-state index in [1.54, 1.807) is 0 Å². The van der Waals surface area contributed by atoms with Crippen molar-refractivity contribution >= 4 is 55.0 Å². The van der Waals surface area contributed by atoms with E-state index in [1.807, 2.05) is 44.2 Å². The van der Waals surface area contributed by atoms with Crippen LogP contribution in [0, 0.1) is 24.7 Å². The second-order valence-corrected chi connectivity index (χ2v) is 14.8. The third-order valence-electron chi connectivity index (χ3n) is 8.16. The summed E-state index contributed by atoms with van der Waals surface area (Å²) < 4.78 is 14.0. The number of nitrogens with one attached hydrogen (secondary N) is 1. The lowest BCUT2D eigenvalue weighted by molar-refractivity contribution is -0.121. The molecule has 41 heavy (non-hydrogen) atoms. The van der Waals surface area contributed by atoms with Crippen LogP contribution in [0.1, 0.15) is 76.0 Å². The smallest absolute Gasteiger partial charge is 0.262 e. The van der Waals surface area contributed by atoms with Gasteiger partial charge in [-0.15, -0.1) is 0 Å². The number of ether oxygens (including phenoxy) is 2. The van der Waals surface area contributed by atoms with E-state index in [9.17, 15) is 14.4 Å². The second-order valence-electron chi connectivity index (χ2n) is 13.0. The fourth-order valence-electron chi connectivity index (χ4n) is 6.14. The molecule has 0 atom stereocenters. The van der Waals surface area contributed by atoms with E-state index in [4.69, 9.17) is 9.47 Å². The first-order valence-electron chi connectivity index (χ1n) is 13.8. The summed E-state index contributed by atoms with van der Waals surface area (Å²) in [5, 5.41) is 2.94. The van der Waals surface area contributed by atoms with Crippen molar-refractivity contribution < 1.29 is 23.9 Å². The van der Waals surface area contributed by atoms with E-state index in [0.29, 0.717) is 64.1 Å². The van der Waals surface area contributed by atoms with Gasteiger partial charge >= 0.3 is 0 Å². The summed E-state index contributed by atoms with van der Waals surface area (Å²) in [6, 6.07) is 9.47. The highest BCUT2D eigenvalue weighted by molar-refractivity contribution is 9.11. The molecular weight excluding hydrogens is 650 g/mol. The lowest BCUT2D eigenvalue weighted by Gasteiger charge is -2.43. The molecular formula is C33H35Br2NO5. The molecule has 0 saturated heterocycles. The van der Waals surface area contributed by atoms with Gasteiger partial charge in [-0.05, 0) is 69.9 Å². The van der Waals surface area contributed by atoms with Crippen molar-refractivity contribution in [3.63, 3.8) is 0 Å². The summed E-state index contributed by atoms with van der Waals surface area (Å²) in [5.74, 6) is 0.681. The molecule has 5 rings (SSSR count). The standard InChI is InChI=1S/C33H35Br2NO5/c1-17-8-7-9-22(18(17)2)36-27(39)16-40-31-20(10-19(34)11-21(31)35)28-29-23(37)12-32(3,4)14-25(29)41-26-15-33(5,6)13-24(38)30(26)28/h7-11,28H,12-16H2,1-6H3,(H,36,39). The van der Waals surface area contributed by atoms with Crippen molar-refractivity contribution in [2.45, 2.75) is 73.1 Å². The molecule has 0 fully saturated rings.